The second-order valence-electron chi connectivity index (χ2n) is 4.00. The summed E-state index contributed by atoms with van der Waals surface area (Å²) in [4.78, 5) is 11.5. The van der Waals surface area contributed by atoms with E-state index in [0.717, 1.165) is 18.5 Å². The molecule has 0 aliphatic rings. The highest BCUT2D eigenvalue weighted by Crippen LogP contribution is 2.65. The van der Waals surface area contributed by atoms with Gasteiger partial charge in [-0.15, -0.1) is 0 Å². The lowest BCUT2D eigenvalue weighted by molar-refractivity contribution is -0.106. The Morgan fingerprint density at radius 2 is 2.05 bits per heavy atom. The van der Waals surface area contributed by atoms with Crippen LogP contribution in [0.3, 0.4) is 0 Å². The number of hydrogen-bond donors (Lipinski definition) is 0. The van der Waals surface area contributed by atoms with Crippen LogP contribution in [0.15, 0.2) is 30.3 Å². The molecule has 0 bridgehead atoms. The molecule has 0 spiro atoms. The van der Waals surface area contributed by atoms with E-state index in [1.807, 2.05) is 37.3 Å². The maximum absolute atomic E-state index is 11.5. The van der Waals surface area contributed by atoms with Crippen molar-refractivity contribution >= 4 is 40.9 Å². The first kappa shape index (κ1) is 16.7. The van der Waals surface area contributed by atoms with Crippen molar-refractivity contribution in [3.8, 4) is 0 Å². The number of carbonyl (C=O) groups is 1. The normalized spacial score (nSPS) is 15.5. The predicted octanol–water partition coefficient (Wildman–Crippen LogP) is 4.44. The Hall–Kier alpha value is -0.350. The smallest absolute Gasteiger partial charge is 0.220 e. The van der Waals surface area contributed by atoms with Crippen molar-refractivity contribution < 1.29 is 9.32 Å². The molecule has 3 nitrogen and oxygen atoms in total. The molecule has 0 aliphatic carbocycles. The Bertz CT molecular complexity index is 442. The van der Waals surface area contributed by atoms with Crippen LogP contribution in [-0.2, 0) is 21.1 Å². The van der Waals surface area contributed by atoms with Gasteiger partial charge in [-0.1, -0.05) is 43.4 Å². The number of hydrogen-bond acceptors (Lipinski definition) is 4. The molecule has 1 aromatic rings. The molecule has 2 unspecified atom stereocenters. The highest BCUT2D eigenvalue weighted by atomic mass is 32.9. The number of nitrogens with zero attached hydrogens (tertiary/aromatic N) is 1. The largest absolute Gasteiger partial charge is 0.326 e. The highest BCUT2D eigenvalue weighted by Gasteiger charge is 2.29. The van der Waals surface area contributed by atoms with Gasteiger partial charge in [0.25, 0.3) is 0 Å². The zero-order valence-corrected chi connectivity index (χ0v) is 14.0. The average molecular weight is 317 g/mol. The van der Waals surface area contributed by atoms with E-state index in [2.05, 4.69) is 13.8 Å². The van der Waals surface area contributed by atoms with Gasteiger partial charge in [-0.2, -0.15) is 0 Å². The first-order chi connectivity index (χ1) is 9.07. The molecule has 0 heterocycles. The van der Waals surface area contributed by atoms with E-state index in [1.54, 1.807) is 16.1 Å². The van der Waals surface area contributed by atoms with Crippen molar-refractivity contribution in [2.45, 2.75) is 32.4 Å². The fourth-order valence-corrected chi connectivity index (χ4v) is 8.25. The summed E-state index contributed by atoms with van der Waals surface area (Å²) in [5.74, 6) is 0. The first-order valence-electron chi connectivity index (χ1n) is 6.30. The topological polar surface area (TPSA) is 29.5 Å². The summed E-state index contributed by atoms with van der Waals surface area (Å²) in [5, 5.41) is 0.364. The third-order valence-electron chi connectivity index (χ3n) is 2.56. The molecule has 106 valence electrons. The molecule has 1 rings (SSSR count). The van der Waals surface area contributed by atoms with Crippen LogP contribution in [0.4, 0.5) is 5.69 Å². The van der Waals surface area contributed by atoms with Crippen LogP contribution in [0.5, 0.6) is 0 Å². The zero-order chi connectivity index (χ0) is 14.3. The van der Waals surface area contributed by atoms with Crippen molar-refractivity contribution in [2.75, 3.05) is 11.3 Å². The second kappa shape index (κ2) is 8.05. The third kappa shape index (κ3) is 4.60. The van der Waals surface area contributed by atoms with Crippen LogP contribution >= 0.6 is 17.0 Å². The van der Waals surface area contributed by atoms with Gasteiger partial charge < -0.3 is 4.52 Å². The van der Waals surface area contributed by atoms with Crippen LogP contribution in [-0.4, -0.2) is 18.3 Å². The van der Waals surface area contributed by atoms with E-state index < -0.39 is 5.62 Å². The van der Waals surface area contributed by atoms with Crippen molar-refractivity contribution in [1.82, 2.24) is 0 Å². The van der Waals surface area contributed by atoms with Gasteiger partial charge in [0.15, 0.2) is 0 Å². The van der Waals surface area contributed by atoms with E-state index in [1.165, 1.54) is 0 Å². The number of para-hydroxylation sites is 1. The maximum Gasteiger partial charge on any atom is 0.220 e. The van der Waals surface area contributed by atoms with Gasteiger partial charge in [0, 0.05) is 5.25 Å². The van der Waals surface area contributed by atoms with Crippen molar-refractivity contribution in [2.24, 2.45) is 0 Å². The Labute approximate surface area is 124 Å². The van der Waals surface area contributed by atoms with Gasteiger partial charge in [-0.05, 0) is 37.3 Å². The van der Waals surface area contributed by atoms with Crippen LogP contribution in [0, 0.1) is 0 Å². The van der Waals surface area contributed by atoms with Gasteiger partial charge in [0.05, 0.1) is 12.3 Å². The monoisotopic (exact) mass is 317 g/mol. The summed E-state index contributed by atoms with van der Waals surface area (Å²) in [6.45, 7) is 6.64. The summed E-state index contributed by atoms with van der Waals surface area (Å²) in [7, 11) is 0. The molecule has 6 heteroatoms. The van der Waals surface area contributed by atoms with Gasteiger partial charge in [0.2, 0.25) is 12.0 Å². The lowest BCUT2D eigenvalue weighted by atomic mass is 10.3. The maximum atomic E-state index is 11.5. The molecular formula is C13H20NO2PS2. The molecule has 0 aromatic heterocycles. The quantitative estimate of drug-likeness (QED) is 0.523. The van der Waals surface area contributed by atoms with E-state index in [9.17, 15) is 4.79 Å². The molecule has 0 N–H and O–H groups in total. The summed E-state index contributed by atoms with van der Waals surface area (Å²) in [6.07, 6.45) is 1.79. The molecule has 0 fully saturated rings. The molecular weight excluding hydrogens is 297 g/mol. The van der Waals surface area contributed by atoms with E-state index in [-0.39, 0.29) is 0 Å². The van der Waals surface area contributed by atoms with Crippen LogP contribution in [0.2, 0.25) is 0 Å². The summed E-state index contributed by atoms with van der Waals surface area (Å²) >= 11 is 7.29. The average Bonchev–Trinajstić information content (AvgIpc) is 2.40. The molecule has 0 saturated carbocycles. The van der Waals surface area contributed by atoms with Crippen molar-refractivity contribution in [1.29, 1.82) is 0 Å². The molecule has 1 aromatic carbocycles. The van der Waals surface area contributed by atoms with Crippen molar-refractivity contribution in [3.05, 3.63) is 30.3 Å². The number of carbonyl (C=O) groups excluding carboxylic acids is 1. The minimum absolute atomic E-state index is 0.364. The molecule has 1 amide bonds. The Balaban J connectivity index is 3.07. The Morgan fingerprint density at radius 1 is 1.42 bits per heavy atom. The summed E-state index contributed by atoms with van der Waals surface area (Å²) < 4.78 is 7.38. The van der Waals surface area contributed by atoms with E-state index in [0.29, 0.717) is 11.9 Å². The van der Waals surface area contributed by atoms with Crippen molar-refractivity contribution in [3.63, 3.8) is 0 Å². The second-order valence-corrected chi connectivity index (χ2v) is 10.9. The number of anilines is 1. The van der Waals surface area contributed by atoms with Crippen LogP contribution in [0.25, 0.3) is 0 Å². The number of amides is 1. The Kier molecular flexibility index (Phi) is 7.08. The molecule has 0 aliphatic heterocycles. The van der Waals surface area contributed by atoms with Gasteiger partial charge in [-0.3, -0.25) is 9.46 Å². The van der Waals surface area contributed by atoms with Crippen LogP contribution in [0.1, 0.15) is 27.2 Å². The summed E-state index contributed by atoms with van der Waals surface area (Å²) in [6, 6.07) is 9.46. The van der Waals surface area contributed by atoms with Gasteiger partial charge in [-0.25, -0.2) is 0 Å². The number of benzene rings is 1. The van der Waals surface area contributed by atoms with Crippen LogP contribution < -0.4 is 4.67 Å². The lowest BCUT2D eigenvalue weighted by Gasteiger charge is -2.32. The Morgan fingerprint density at radius 3 is 2.53 bits per heavy atom. The third-order valence-corrected chi connectivity index (χ3v) is 9.30. The van der Waals surface area contributed by atoms with E-state index >= 15 is 0 Å². The minimum Gasteiger partial charge on any atom is -0.326 e. The van der Waals surface area contributed by atoms with Gasteiger partial charge >= 0.3 is 0 Å². The standard InChI is InChI=1S/C13H20NO2PS2/c1-4-12(3)19-17(18,16-5-2)14(11-15)13-9-7-6-8-10-13/h6-12H,4-5H2,1-3H3. The predicted molar refractivity (Wildman–Crippen MR) is 88.2 cm³/mol. The SMILES string of the molecule is CCOP(=S)(SC(C)CC)N(C=O)c1ccccc1. The fraction of sp³-hybridized carbons (Fsp3) is 0.462. The van der Waals surface area contributed by atoms with E-state index in [4.69, 9.17) is 16.3 Å². The fourth-order valence-electron chi connectivity index (χ4n) is 1.45. The first-order valence-corrected chi connectivity index (χ1v) is 10.5. The molecule has 2 atom stereocenters. The molecule has 19 heavy (non-hydrogen) atoms. The lowest BCUT2D eigenvalue weighted by Crippen LogP contribution is -2.18. The molecule has 0 saturated heterocycles. The summed E-state index contributed by atoms with van der Waals surface area (Å²) in [5.41, 5.74) is -1.61. The highest BCUT2D eigenvalue weighted by molar-refractivity contribution is 8.70. The minimum atomic E-state index is -2.41. The van der Waals surface area contributed by atoms with Gasteiger partial charge in [0.1, 0.15) is 0 Å². The number of rotatable bonds is 8. The zero-order valence-electron chi connectivity index (χ0n) is 11.5. The molecule has 0 radical (unpaired) electrons.